The van der Waals surface area contributed by atoms with Crippen molar-refractivity contribution in [3.8, 4) is 0 Å². The molecule has 0 spiro atoms. The first-order valence-corrected chi connectivity index (χ1v) is 7.44. The van der Waals surface area contributed by atoms with Crippen LogP contribution in [0.1, 0.15) is 16.7 Å². The molecule has 1 N–H and O–H groups in total. The maximum atomic E-state index is 12.2. The summed E-state index contributed by atoms with van der Waals surface area (Å²) in [4.78, 5) is 2.35. The Morgan fingerprint density at radius 1 is 1.11 bits per heavy atom. The zero-order valence-corrected chi connectivity index (χ0v) is 12.6. The van der Waals surface area contributed by atoms with Crippen molar-refractivity contribution in [1.29, 1.82) is 0 Å². The predicted molar refractivity (Wildman–Crippen MR) is 74.4 cm³/mol. The van der Waals surface area contributed by atoms with Gasteiger partial charge in [0.15, 0.2) is 0 Å². The number of aryl methyl sites for hydroxylation is 3. The summed E-state index contributed by atoms with van der Waals surface area (Å²) in [6.07, 6.45) is 0. The van der Waals surface area contributed by atoms with Gasteiger partial charge in [-0.2, -0.15) is 0 Å². The van der Waals surface area contributed by atoms with Crippen LogP contribution in [0.5, 0.6) is 0 Å². The predicted octanol–water partition coefficient (Wildman–Crippen LogP) is 1.45. The minimum Gasteiger partial charge on any atom is -0.308 e. The third-order valence-corrected chi connectivity index (χ3v) is 4.49. The molecule has 1 rings (SSSR count). The highest BCUT2D eigenvalue weighted by molar-refractivity contribution is 7.89. The second-order valence-electron chi connectivity index (χ2n) is 4.93. The number of likely N-dealkylation sites (N-methyl/N-ethyl adjacent to an activating group) is 1. The third-order valence-electron chi connectivity index (χ3n) is 2.72. The zero-order chi connectivity index (χ0) is 13.9. The molecule has 0 fully saturated rings. The molecule has 0 aliphatic carbocycles. The first-order chi connectivity index (χ1) is 8.24. The molecule has 0 aliphatic heterocycles. The van der Waals surface area contributed by atoms with Crippen LogP contribution in [0.2, 0.25) is 0 Å². The van der Waals surface area contributed by atoms with Crippen molar-refractivity contribution < 1.29 is 8.42 Å². The Morgan fingerprint density at radius 2 is 1.61 bits per heavy atom. The summed E-state index contributed by atoms with van der Waals surface area (Å²) >= 11 is 0. The van der Waals surface area contributed by atoms with Crippen molar-refractivity contribution in [3.05, 3.63) is 28.8 Å². The minimum absolute atomic E-state index is 0.409. The van der Waals surface area contributed by atoms with Gasteiger partial charge in [0.2, 0.25) is 10.0 Å². The quantitative estimate of drug-likeness (QED) is 0.881. The molecule has 0 radical (unpaired) electrons. The number of hydrogen-bond acceptors (Lipinski definition) is 3. The van der Waals surface area contributed by atoms with Gasteiger partial charge in [-0.1, -0.05) is 17.7 Å². The monoisotopic (exact) mass is 270 g/mol. The van der Waals surface area contributed by atoms with Crippen LogP contribution in [0.15, 0.2) is 17.0 Å². The molecule has 18 heavy (non-hydrogen) atoms. The Morgan fingerprint density at radius 3 is 2.06 bits per heavy atom. The number of nitrogens with zero attached hydrogens (tertiary/aromatic N) is 1. The summed E-state index contributed by atoms with van der Waals surface area (Å²) in [5.41, 5.74) is 2.67. The minimum atomic E-state index is -3.41. The Hall–Kier alpha value is -0.910. The van der Waals surface area contributed by atoms with E-state index in [1.807, 2.05) is 51.9 Å². The molecule has 0 heterocycles. The molecule has 0 amide bonds. The second kappa shape index (κ2) is 5.82. The van der Waals surface area contributed by atoms with E-state index < -0.39 is 10.0 Å². The number of rotatable bonds is 5. The summed E-state index contributed by atoms with van der Waals surface area (Å²) in [5.74, 6) is 0. The summed E-state index contributed by atoms with van der Waals surface area (Å²) in [5, 5.41) is 0. The Labute approximate surface area is 110 Å². The highest BCUT2D eigenvalue weighted by Gasteiger charge is 2.19. The van der Waals surface area contributed by atoms with E-state index in [2.05, 4.69) is 4.72 Å². The molecule has 0 atom stereocenters. The average molecular weight is 270 g/mol. The lowest BCUT2D eigenvalue weighted by molar-refractivity contribution is 0.412. The molecule has 1 aromatic rings. The fourth-order valence-corrected chi connectivity index (χ4v) is 3.54. The lowest BCUT2D eigenvalue weighted by atomic mass is 10.1. The lowest BCUT2D eigenvalue weighted by Crippen LogP contribution is -2.32. The molecule has 0 aliphatic rings. The van der Waals surface area contributed by atoms with Gasteiger partial charge in [0.1, 0.15) is 0 Å². The number of nitrogens with one attached hydrogen (secondary N) is 1. The van der Waals surface area contributed by atoms with Crippen LogP contribution in [-0.4, -0.2) is 40.5 Å². The largest absolute Gasteiger partial charge is 0.308 e. The molecule has 0 saturated heterocycles. The highest BCUT2D eigenvalue weighted by Crippen LogP contribution is 2.21. The van der Waals surface area contributed by atoms with Gasteiger partial charge in [-0.25, -0.2) is 13.1 Å². The number of sulfonamides is 1. The van der Waals surface area contributed by atoms with Crippen molar-refractivity contribution in [2.24, 2.45) is 0 Å². The van der Waals surface area contributed by atoms with Gasteiger partial charge in [-0.3, -0.25) is 0 Å². The van der Waals surface area contributed by atoms with Crippen molar-refractivity contribution in [2.45, 2.75) is 25.7 Å². The van der Waals surface area contributed by atoms with Gasteiger partial charge >= 0.3 is 0 Å². The second-order valence-corrected chi connectivity index (χ2v) is 6.63. The van der Waals surface area contributed by atoms with E-state index in [-0.39, 0.29) is 0 Å². The van der Waals surface area contributed by atoms with E-state index >= 15 is 0 Å². The van der Waals surface area contributed by atoms with Crippen molar-refractivity contribution >= 4 is 10.0 Å². The van der Waals surface area contributed by atoms with Crippen LogP contribution in [0.3, 0.4) is 0 Å². The van der Waals surface area contributed by atoms with Crippen molar-refractivity contribution in [3.63, 3.8) is 0 Å². The standard InChI is InChI=1S/C13H22N2O2S/c1-10-8-11(2)13(12(3)9-10)18(16,17)14-6-7-15(4)5/h8-9,14H,6-7H2,1-5H3. The number of benzene rings is 1. The Bertz CT molecular complexity index is 499. The smallest absolute Gasteiger partial charge is 0.241 e. The van der Waals surface area contributed by atoms with Crippen LogP contribution < -0.4 is 4.72 Å². The molecule has 0 aromatic heterocycles. The summed E-state index contributed by atoms with van der Waals surface area (Å²) in [7, 11) is 0.416. The molecular formula is C13H22N2O2S. The van der Waals surface area contributed by atoms with Crippen LogP contribution in [-0.2, 0) is 10.0 Å². The topological polar surface area (TPSA) is 49.4 Å². The first-order valence-electron chi connectivity index (χ1n) is 5.96. The molecule has 102 valence electrons. The highest BCUT2D eigenvalue weighted by atomic mass is 32.2. The summed E-state index contributed by atoms with van der Waals surface area (Å²) in [6.45, 7) is 6.74. The maximum absolute atomic E-state index is 12.2. The average Bonchev–Trinajstić information content (AvgIpc) is 2.13. The van der Waals surface area contributed by atoms with Crippen LogP contribution >= 0.6 is 0 Å². The van der Waals surface area contributed by atoms with E-state index in [0.29, 0.717) is 18.0 Å². The molecule has 0 saturated carbocycles. The van der Waals surface area contributed by atoms with Gasteiger partial charge in [-0.15, -0.1) is 0 Å². The van der Waals surface area contributed by atoms with Gasteiger partial charge in [0, 0.05) is 13.1 Å². The summed E-state index contributed by atoms with van der Waals surface area (Å²) < 4.78 is 27.1. The van der Waals surface area contributed by atoms with E-state index in [1.165, 1.54) is 0 Å². The van der Waals surface area contributed by atoms with E-state index in [4.69, 9.17) is 0 Å². The molecule has 0 unspecified atom stereocenters. The van der Waals surface area contributed by atoms with Crippen molar-refractivity contribution in [1.82, 2.24) is 9.62 Å². The Kier molecular flexibility index (Phi) is 4.90. The van der Waals surface area contributed by atoms with Gasteiger partial charge in [-0.05, 0) is 46.0 Å². The van der Waals surface area contributed by atoms with Crippen LogP contribution in [0.4, 0.5) is 0 Å². The van der Waals surface area contributed by atoms with Crippen molar-refractivity contribution in [2.75, 3.05) is 27.2 Å². The normalized spacial score (nSPS) is 12.1. The zero-order valence-electron chi connectivity index (χ0n) is 11.7. The Balaban J connectivity index is 2.99. The van der Waals surface area contributed by atoms with Crippen LogP contribution in [0, 0.1) is 20.8 Å². The third kappa shape index (κ3) is 3.80. The molecule has 5 heteroatoms. The van der Waals surface area contributed by atoms with Gasteiger partial charge in [0.25, 0.3) is 0 Å². The van der Waals surface area contributed by atoms with Gasteiger partial charge < -0.3 is 4.90 Å². The summed E-state index contributed by atoms with van der Waals surface area (Å²) in [6, 6.07) is 3.79. The lowest BCUT2D eigenvalue weighted by Gasteiger charge is -2.14. The molecule has 0 bridgehead atoms. The fourth-order valence-electron chi connectivity index (χ4n) is 2.07. The molecule has 4 nitrogen and oxygen atoms in total. The van der Waals surface area contributed by atoms with Gasteiger partial charge in [0.05, 0.1) is 4.90 Å². The maximum Gasteiger partial charge on any atom is 0.241 e. The SMILES string of the molecule is Cc1cc(C)c(S(=O)(=O)NCCN(C)C)c(C)c1. The van der Waals surface area contributed by atoms with E-state index in [0.717, 1.165) is 16.7 Å². The molecular weight excluding hydrogens is 248 g/mol. The van der Waals surface area contributed by atoms with E-state index in [1.54, 1.807) is 0 Å². The number of hydrogen-bond donors (Lipinski definition) is 1. The molecule has 1 aromatic carbocycles. The fraction of sp³-hybridized carbons (Fsp3) is 0.538. The van der Waals surface area contributed by atoms with E-state index in [9.17, 15) is 8.42 Å². The van der Waals surface area contributed by atoms with Crippen LogP contribution in [0.25, 0.3) is 0 Å². The first kappa shape index (κ1) is 15.1.